The number of hydrogen-bond donors (Lipinski definition) is 1. The Morgan fingerprint density at radius 1 is 0.929 bits per heavy atom. The number of pyridine rings is 1. The van der Waals surface area contributed by atoms with Crippen LogP contribution in [0, 0.1) is 24.7 Å². The maximum Gasteiger partial charge on any atom is 0.179 e. The first kappa shape index (κ1) is 20.3. The standard InChI is InChI=1S/C23H24ClNO3/c1-12-7-8-14(15-9-10-17(24)25-13(15)2)11-16(12)18-19(26)22(3,4)21(28)23(5,6)20(18)27/h7-11,26H,1-6H3. The predicted octanol–water partition coefficient (Wildman–Crippen LogP) is 5.49. The van der Waals surface area contributed by atoms with Gasteiger partial charge in [-0.15, -0.1) is 0 Å². The predicted molar refractivity (Wildman–Crippen MR) is 111 cm³/mol. The zero-order chi connectivity index (χ0) is 21.0. The number of allylic oxidation sites excluding steroid dienone is 2. The minimum Gasteiger partial charge on any atom is -0.510 e. The lowest BCUT2D eigenvalue weighted by Crippen LogP contribution is -2.48. The third-order valence-corrected chi connectivity index (χ3v) is 5.84. The maximum atomic E-state index is 13.2. The van der Waals surface area contributed by atoms with Gasteiger partial charge in [0.05, 0.1) is 16.4 Å². The van der Waals surface area contributed by atoms with Crippen LogP contribution >= 0.6 is 11.6 Å². The summed E-state index contributed by atoms with van der Waals surface area (Å²) in [4.78, 5) is 30.3. The molecule has 2 aromatic rings. The smallest absolute Gasteiger partial charge is 0.179 e. The van der Waals surface area contributed by atoms with E-state index < -0.39 is 10.8 Å². The number of Topliss-reactive ketones (excluding diaryl/α,β-unsaturated/α-hetero) is 2. The Balaban J connectivity index is 2.27. The van der Waals surface area contributed by atoms with Gasteiger partial charge in [0.25, 0.3) is 0 Å². The fourth-order valence-corrected chi connectivity index (χ4v) is 4.06. The number of aromatic nitrogens is 1. The zero-order valence-corrected chi connectivity index (χ0v) is 17.7. The minimum absolute atomic E-state index is 0.173. The molecule has 1 heterocycles. The van der Waals surface area contributed by atoms with Crippen LogP contribution in [-0.4, -0.2) is 21.7 Å². The van der Waals surface area contributed by atoms with Gasteiger partial charge >= 0.3 is 0 Å². The fourth-order valence-electron chi connectivity index (χ4n) is 3.87. The Morgan fingerprint density at radius 3 is 2.18 bits per heavy atom. The van der Waals surface area contributed by atoms with Gasteiger partial charge in [-0.25, -0.2) is 4.98 Å². The van der Waals surface area contributed by atoms with E-state index in [4.69, 9.17) is 11.6 Å². The molecular weight excluding hydrogens is 374 g/mol. The second-order valence-electron chi connectivity index (χ2n) is 8.43. The van der Waals surface area contributed by atoms with Crippen molar-refractivity contribution in [2.75, 3.05) is 0 Å². The number of aliphatic hydroxyl groups is 1. The molecule has 0 atom stereocenters. The van der Waals surface area contributed by atoms with Crippen LogP contribution in [0.5, 0.6) is 0 Å². The van der Waals surface area contributed by atoms with Crippen molar-refractivity contribution in [1.82, 2.24) is 4.98 Å². The van der Waals surface area contributed by atoms with Crippen molar-refractivity contribution in [2.24, 2.45) is 10.8 Å². The average Bonchev–Trinajstić information content (AvgIpc) is 2.61. The van der Waals surface area contributed by atoms with Gasteiger partial charge in [-0.3, -0.25) is 9.59 Å². The molecule has 0 fully saturated rings. The van der Waals surface area contributed by atoms with Gasteiger partial charge in [0.2, 0.25) is 0 Å². The zero-order valence-electron chi connectivity index (χ0n) is 17.0. The van der Waals surface area contributed by atoms with E-state index in [9.17, 15) is 14.7 Å². The number of carbonyl (C=O) groups excluding carboxylic acids is 2. The van der Waals surface area contributed by atoms with E-state index in [2.05, 4.69) is 4.98 Å². The number of hydrogen-bond acceptors (Lipinski definition) is 4. The molecule has 0 saturated carbocycles. The first-order valence-corrected chi connectivity index (χ1v) is 9.54. The number of aliphatic hydroxyl groups excluding tert-OH is 1. The van der Waals surface area contributed by atoms with Crippen LogP contribution in [0.1, 0.15) is 44.5 Å². The number of rotatable bonds is 2. The Bertz CT molecular complexity index is 1050. The van der Waals surface area contributed by atoms with Crippen LogP contribution in [0.4, 0.5) is 0 Å². The van der Waals surface area contributed by atoms with Crippen LogP contribution in [-0.2, 0) is 9.59 Å². The quantitative estimate of drug-likeness (QED) is 0.537. The number of carbonyl (C=O) groups is 2. The van der Waals surface area contributed by atoms with Crippen molar-refractivity contribution in [3.8, 4) is 11.1 Å². The third-order valence-electron chi connectivity index (χ3n) is 5.63. The second kappa shape index (κ2) is 6.56. The molecule has 1 N–H and O–H groups in total. The minimum atomic E-state index is -1.20. The molecule has 1 aliphatic carbocycles. The number of benzene rings is 1. The molecule has 1 aromatic carbocycles. The van der Waals surface area contributed by atoms with Gasteiger partial charge in [0.15, 0.2) is 11.6 Å². The van der Waals surface area contributed by atoms with Gasteiger partial charge < -0.3 is 5.11 Å². The lowest BCUT2D eigenvalue weighted by molar-refractivity contribution is -0.143. The van der Waals surface area contributed by atoms with Crippen molar-refractivity contribution in [3.63, 3.8) is 0 Å². The van der Waals surface area contributed by atoms with Crippen molar-refractivity contribution < 1.29 is 14.7 Å². The van der Waals surface area contributed by atoms with Crippen LogP contribution < -0.4 is 0 Å². The number of nitrogens with zero attached hydrogens (tertiary/aromatic N) is 1. The summed E-state index contributed by atoms with van der Waals surface area (Å²) in [5, 5.41) is 11.3. The van der Waals surface area contributed by atoms with E-state index in [1.165, 1.54) is 0 Å². The van der Waals surface area contributed by atoms with Crippen molar-refractivity contribution in [2.45, 2.75) is 41.5 Å². The molecule has 28 heavy (non-hydrogen) atoms. The van der Waals surface area contributed by atoms with E-state index in [0.717, 1.165) is 22.4 Å². The molecule has 146 valence electrons. The van der Waals surface area contributed by atoms with Crippen LogP contribution in [0.25, 0.3) is 16.7 Å². The summed E-state index contributed by atoms with van der Waals surface area (Å²) < 4.78 is 0. The van der Waals surface area contributed by atoms with Gasteiger partial charge in [0.1, 0.15) is 10.9 Å². The second-order valence-corrected chi connectivity index (χ2v) is 8.82. The van der Waals surface area contributed by atoms with Crippen molar-refractivity contribution in [1.29, 1.82) is 0 Å². The summed E-state index contributed by atoms with van der Waals surface area (Å²) >= 11 is 5.97. The normalized spacial score (nSPS) is 18.5. The Labute approximate surface area is 170 Å². The van der Waals surface area contributed by atoms with E-state index in [1.807, 2.05) is 38.1 Å². The number of halogens is 1. The SMILES string of the molecule is Cc1ccc(-c2ccc(Cl)nc2C)cc1C1=C(O)C(C)(C)C(=O)C(C)(C)C1=O. The first-order valence-electron chi connectivity index (χ1n) is 9.17. The Morgan fingerprint density at radius 2 is 1.57 bits per heavy atom. The number of aryl methyl sites for hydroxylation is 2. The van der Waals surface area contributed by atoms with E-state index in [0.29, 0.717) is 10.7 Å². The third kappa shape index (κ3) is 2.96. The molecule has 3 rings (SSSR count). The molecule has 0 amide bonds. The molecule has 1 aromatic heterocycles. The van der Waals surface area contributed by atoms with Crippen molar-refractivity contribution >= 4 is 28.7 Å². The summed E-state index contributed by atoms with van der Waals surface area (Å²) in [5.74, 6) is -0.814. The molecule has 0 spiro atoms. The summed E-state index contributed by atoms with van der Waals surface area (Å²) in [6.45, 7) is 10.3. The Kier molecular flexibility index (Phi) is 4.75. The molecule has 0 radical (unpaired) electrons. The molecule has 0 unspecified atom stereocenters. The summed E-state index contributed by atoms with van der Waals surface area (Å²) in [6, 6.07) is 9.33. The molecule has 4 nitrogen and oxygen atoms in total. The van der Waals surface area contributed by atoms with Crippen LogP contribution in [0.2, 0.25) is 5.15 Å². The highest BCUT2D eigenvalue weighted by molar-refractivity contribution is 6.34. The summed E-state index contributed by atoms with van der Waals surface area (Å²) in [6.07, 6.45) is 0. The molecular formula is C23H24ClNO3. The largest absolute Gasteiger partial charge is 0.510 e. The number of ketones is 2. The van der Waals surface area contributed by atoms with Gasteiger partial charge in [-0.2, -0.15) is 0 Å². The summed E-state index contributed by atoms with van der Waals surface area (Å²) in [5.41, 5.74) is 1.88. The molecule has 1 aliphatic rings. The molecule has 5 heteroatoms. The highest BCUT2D eigenvalue weighted by Gasteiger charge is 2.53. The van der Waals surface area contributed by atoms with Gasteiger partial charge in [-0.05, 0) is 76.4 Å². The fraction of sp³-hybridized carbons (Fsp3) is 0.348. The lowest BCUT2D eigenvalue weighted by Gasteiger charge is -2.38. The molecule has 0 bridgehead atoms. The highest BCUT2D eigenvalue weighted by Crippen LogP contribution is 2.47. The summed E-state index contributed by atoms with van der Waals surface area (Å²) in [7, 11) is 0. The topological polar surface area (TPSA) is 67.3 Å². The van der Waals surface area contributed by atoms with E-state index in [-0.39, 0.29) is 22.9 Å². The van der Waals surface area contributed by atoms with Crippen LogP contribution in [0.3, 0.4) is 0 Å². The van der Waals surface area contributed by atoms with E-state index in [1.54, 1.807) is 33.8 Å². The van der Waals surface area contributed by atoms with Crippen LogP contribution in [0.15, 0.2) is 36.1 Å². The van der Waals surface area contributed by atoms with Gasteiger partial charge in [-0.1, -0.05) is 23.7 Å². The van der Waals surface area contributed by atoms with E-state index >= 15 is 0 Å². The molecule has 0 aliphatic heterocycles. The Hall–Kier alpha value is -2.46. The highest BCUT2D eigenvalue weighted by atomic mass is 35.5. The van der Waals surface area contributed by atoms with Gasteiger partial charge in [0, 0.05) is 11.3 Å². The maximum absolute atomic E-state index is 13.2. The lowest BCUT2D eigenvalue weighted by atomic mass is 9.62. The average molecular weight is 398 g/mol. The monoisotopic (exact) mass is 397 g/mol. The molecule has 0 saturated heterocycles. The van der Waals surface area contributed by atoms with Crippen molar-refractivity contribution in [3.05, 3.63) is 58.1 Å². The first-order chi connectivity index (χ1) is 12.9.